The molecule has 0 spiro atoms. The summed E-state index contributed by atoms with van der Waals surface area (Å²) in [5.41, 5.74) is 2.42. The summed E-state index contributed by atoms with van der Waals surface area (Å²) in [6.07, 6.45) is -2.03. The third kappa shape index (κ3) is 6.10. The summed E-state index contributed by atoms with van der Waals surface area (Å²) in [6, 6.07) is 16.3. The number of nitriles is 1. The molecule has 2 N–H and O–H groups in total. The molecule has 0 unspecified atom stereocenters. The summed E-state index contributed by atoms with van der Waals surface area (Å²) < 4.78 is 59.7. The van der Waals surface area contributed by atoms with Gasteiger partial charge in [0, 0.05) is 41.1 Å². The van der Waals surface area contributed by atoms with Crippen LogP contribution >= 0.6 is 11.8 Å². The van der Waals surface area contributed by atoms with Gasteiger partial charge in [-0.05, 0) is 73.7 Å². The Morgan fingerprint density at radius 3 is 2.50 bits per heavy atom. The SMILES string of the molecule is CSc1cc(-c2ccc(-c3cc(C(=O)NC(C)(C)C#N)nn3C)c(-c3oc(C)nc3-c3ccc4c(c3)OC(F)(F)O4)c2)cc(F)c1CO. The maximum absolute atomic E-state index is 15.1. The van der Waals surface area contributed by atoms with E-state index in [1.165, 1.54) is 34.6 Å². The molecule has 0 saturated heterocycles. The lowest BCUT2D eigenvalue weighted by Gasteiger charge is -2.16. The summed E-state index contributed by atoms with van der Waals surface area (Å²) in [4.78, 5) is 18.2. The fourth-order valence-corrected chi connectivity index (χ4v) is 6.01. The lowest BCUT2D eigenvalue weighted by molar-refractivity contribution is -0.286. The second kappa shape index (κ2) is 12.1. The summed E-state index contributed by atoms with van der Waals surface area (Å²) in [7, 11) is 1.65. The maximum Gasteiger partial charge on any atom is 0.586 e. The van der Waals surface area contributed by atoms with Crippen molar-refractivity contribution in [2.24, 2.45) is 7.05 Å². The zero-order chi connectivity index (χ0) is 34.5. The van der Waals surface area contributed by atoms with Gasteiger partial charge in [0.25, 0.3) is 5.91 Å². The molecule has 10 nitrogen and oxygen atoms in total. The van der Waals surface area contributed by atoms with Gasteiger partial charge in [-0.2, -0.15) is 10.4 Å². The van der Waals surface area contributed by atoms with Crippen molar-refractivity contribution in [2.45, 2.75) is 44.1 Å². The summed E-state index contributed by atoms with van der Waals surface area (Å²) in [5.74, 6) is -0.910. The first-order valence-electron chi connectivity index (χ1n) is 14.5. The van der Waals surface area contributed by atoms with Crippen LogP contribution in [0.15, 0.2) is 63.9 Å². The molecule has 3 heterocycles. The van der Waals surface area contributed by atoms with Crippen LogP contribution in [0.1, 0.15) is 35.8 Å². The molecule has 0 fully saturated rings. The number of carbonyl (C=O) groups is 1. The Hall–Kier alpha value is -5.26. The van der Waals surface area contributed by atoms with Crippen molar-refractivity contribution in [1.82, 2.24) is 20.1 Å². The van der Waals surface area contributed by atoms with E-state index in [2.05, 4.69) is 24.9 Å². The van der Waals surface area contributed by atoms with Crippen LogP contribution in [0.25, 0.3) is 45.0 Å². The number of thioether (sulfide) groups is 1. The molecule has 5 aromatic rings. The van der Waals surface area contributed by atoms with Gasteiger partial charge in [-0.15, -0.1) is 20.5 Å². The fraction of sp³-hybridized carbons (Fsp3) is 0.235. The molecule has 1 aliphatic rings. The van der Waals surface area contributed by atoms with Crippen molar-refractivity contribution < 1.29 is 37.0 Å². The number of fused-ring (bicyclic) bond motifs is 1. The lowest BCUT2D eigenvalue weighted by Crippen LogP contribution is -2.42. The van der Waals surface area contributed by atoms with E-state index in [1.807, 2.05) is 6.07 Å². The number of ether oxygens (including phenoxy) is 2. The number of carbonyl (C=O) groups excluding carboxylic acids is 1. The number of rotatable bonds is 8. The zero-order valence-electron chi connectivity index (χ0n) is 26.3. The van der Waals surface area contributed by atoms with Crippen molar-refractivity contribution in [3.8, 4) is 62.5 Å². The van der Waals surface area contributed by atoms with E-state index in [-0.39, 0.29) is 34.4 Å². The first kappa shape index (κ1) is 32.7. The van der Waals surface area contributed by atoms with Crippen LogP contribution in [0.5, 0.6) is 11.5 Å². The van der Waals surface area contributed by atoms with Gasteiger partial charge in [0.1, 0.15) is 17.1 Å². The van der Waals surface area contributed by atoms with Gasteiger partial charge < -0.3 is 24.3 Å². The Bertz CT molecular complexity index is 2140. The van der Waals surface area contributed by atoms with Gasteiger partial charge in [0.2, 0.25) is 0 Å². The number of nitrogens with one attached hydrogen (secondary N) is 1. The number of halogens is 3. The number of aryl methyl sites for hydroxylation is 2. The van der Waals surface area contributed by atoms with Crippen LogP contribution in [-0.2, 0) is 13.7 Å². The van der Waals surface area contributed by atoms with E-state index >= 15 is 4.39 Å². The van der Waals surface area contributed by atoms with Crippen LogP contribution in [-0.4, -0.2) is 43.9 Å². The average molecular weight is 676 g/mol. The van der Waals surface area contributed by atoms with E-state index in [1.54, 1.807) is 70.5 Å². The zero-order valence-corrected chi connectivity index (χ0v) is 27.1. The molecule has 14 heteroatoms. The molecule has 0 bridgehead atoms. The molecule has 1 aliphatic heterocycles. The number of amides is 1. The van der Waals surface area contributed by atoms with Gasteiger partial charge in [0.15, 0.2) is 28.8 Å². The number of aliphatic hydroxyl groups is 1. The topological polar surface area (TPSA) is 135 Å². The van der Waals surface area contributed by atoms with Crippen LogP contribution in [0.3, 0.4) is 0 Å². The van der Waals surface area contributed by atoms with E-state index in [4.69, 9.17) is 4.42 Å². The highest BCUT2D eigenvalue weighted by Gasteiger charge is 2.43. The number of aromatic nitrogens is 3. The van der Waals surface area contributed by atoms with Crippen molar-refractivity contribution in [3.05, 3.63) is 77.6 Å². The second-order valence-corrected chi connectivity index (χ2v) is 12.4. The molecule has 0 atom stereocenters. The predicted molar refractivity (Wildman–Crippen MR) is 171 cm³/mol. The number of benzene rings is 3. The number of hydrogen-bond acceptors (Lipinski definition) is 9. The summed E-state index contributed by atoms with van der Waals surface area (Å²) in [6.45, 7) is 4.30. The largest absolute Gasteiger partial charge is 0.586 e. The normalized spacial score (nSPS) is 13.4. The van der Waals surface area contributed by atoms with E-state index in [0.29, 0.717) is 44.1 Å². The van der Waals surface area contributed by atoms with Crippen LogP contribution in [0.4, 0.5) is 13.2 Å². The van der Waals surface area contributed by atoms with Gasteiger partial charge in [-0.25, -0.2) is 9.37 Å². The van der Waals surface area contributed by atoms with E-state index in [9.17, 15) is 23.9 Å². The van der Waals surface area contributed by atoms with Gasteiger partial charge in [0.05, 0.1) is 18.4 Å². The van der Waals surface area contributed by atoms with Crippen LogP contribution < -0.4 is 14.8 Å². The summed E-state index contributed by atoms with van der Waals surface area (Å²) in [5, 5.41) is 26.2. The minimum absolute atomic E-state index is 0.0581. The average Bonchev–Trinajstić information content (AvgIpc) is 3.72. The highest BCUT2D eigenvalue weighted by molar-refractivity contribution is 7.98. The fourth-order valence-electron chi connectivity index (χ4n) is 5.36. The number of hydrogen-bond donors (Lipinski definition) is 2. The molecule has 0 aliphatic carbocycles. The Balaban J connectivity index is 1.54. The number of oxazole rings is 1. The number of nitrogens with zero attached hydrogens (tertiary/aromatic N) is 4. The minimum Gasteiger partial charge on any atom is -0.440 e. The Kier molecular flexibility index (Phi) is 8.22. The molecular formula is C34H28F3N5O5S. The van der Waals surface area contributed by atoms with Crippen molar-refractivity contribution in [3.63, 3.8) is 0 Å². The van der Waals surface area contributed by atoms with Gasteiger partial charge in [-0.3, -0.25) is 9.48 Å². The second-order valence-electron chi connectivity index (χ2n) is 11.5. The molecule has 3 aromatic carbocycles. The molecule has 2 aromatic heterocycles. The molecule has 0 radical (unpaired) electrons. The molecule has 1 amide bonds. The number of aliphatic hydroxyl groups excluding tert-OH is 1. The first-order valence-corrected chi connectivity index (χ1v) is 15.7. The minimum atomic E-state index is -3.81. The maximum atomic E-state index is 15.1. The summed E-state index contributed by atoms with van der Waals surface area (Å²) >= 11 is 1.30. The Morgan fingerprint density at radius 2 is 1.79 bits per heavy atom. The van der Waals surface area contributed by atoms with Gasteiger partial charge >= 0.3 is 6.29 Å². The Labute approximate surface area is 277 Å². The van der Waals surface area contributed by atoms with E-state index in [0.717, 1.165) is 0 Å². The predicted octanol–water partition coefficient (Wildman–Crippen LogP) is 7.09. The van der Waals surface area contributed by atoms with Crippen LogP contribution in [0.2, 0.25) is 0 Å². The number of alkyl halides is 2. The third-order valence-corrected chi connectivity index (χ3v) is 8.44. The Morgan fingerprint density at radius 1 is 1.06 bits per heavy atom. The highest BCUT2D eigenvalue weighted by Crippen LogP contribution is 2.46. The first-order chi connectivity index (χ1) is 22.7. The lowest BCUT2D eigenvalue weighted by atomic mass is 9.93. The highest BCUT2D eigenvalue weighted by atomic mass is 32.2. The molecule has 6 rings (SSSR count). The quantitative estimate of drug-likeness (QED) is 0.165. The molecule has 0 saturated carbocycles. The van der Waals surface area contributed by atoms with Gasteiger partial charge in [-0.1, -0.05) is 12.1 Å². The third-order valence-electron chi connectivity index (χ3n) is 7.63. The monoisotopic (exact) mass is 675 g/mol. The smallest absolute Gasteiger partial charge is 0.440 e. The molecular weight excluding hydrogens is 647 g/mol. The van der Waals surface area contributed by atoms with Crippen molar-refractivity contribution in [2.75, 3.05) is 6.26 Å². The molecule has 48 heavy (non-hydrogen) atoms. The van der Waals surface area contributed by atoms with Crippen molar-refractivity contribution >= 4 is 17.7 Å². The molecule has 246 valence electrons. The van der Waals surface area contributed by atoms with Crippen LogP contribution in [0, 0.1) is 24.1 Å². The van der Waals surface area contributed by atoms with E-state index < -0.39 is 30.2 Å². The standard InChI is InChI=1S/C34H28F3N5O5S/c1-17-39-30(19-7-9-27-28(12-19)47-34(36,37)46-27)31(45-17)22-10-18(20-11-24(35)23(15-43)29(13-20)48-5)6-8-21(22)26-14-25(41-42(26)4)32(44)40-33(2,3)16-38/h6-14,43H,15H2,1-5H3,(H,40,44). The van der Waals surface area contributed by atoms with Crippen molar-refractivity contribution in [1.29, 1.82) is 5.26 Å².